The van der Waals surface area contributed by atoms with E-state index in [-0.39, 0.29) is 0 Å². The van der Waals surface area contributed by atoms with Gasteiger partial charge in [-0.3, -0.25) is 4.90 Å². The van der Waals surface area contributed by atoms with Crippen molar-refractivity contribution in [3.8, 4) is 0 Å². The molecule has 0 atom stereocenters. The second kappa shape index (κ2) is 4.60. The van der Waals surface area contributed by atoms with Crippen molar-refractivity contribution >= 4 is 0 Å². The van der Waals surface area contributed by atoms with Gasteiger partial charge in [0.1, 0.15) is 0 Å². The van der Waals surface area contributed by atoms with Crippen LogP contribution in [0.4, 0.5) is 0 Å². The highest BCUT2D eigenvalue weighted by Gasteiger charge is 2.33. The minimum Gasteiger partial charge on any atom is -0.379 e. The first-order valence-corrected chi connectivity index (χ1v) is 5.77. The van der Waals surface area contributed by atoms with Crippen LogP contribution in [-0.4, -0.2) is 50.3 Å². The first-order valence-electron chi connectivity index (χ1n) is 5.77. The van der Waals surface area contributed by atoms with E-state index in [9.17, 15) is 0 Å². The number of methoxy groups -OCH3 is 1. The minimum atomic E-state index is 0.511. The second-order valence-electron chi connectivity index (χ2n) is 4.61. The molecule has 0 unspecified atom stereocenters. The molecule has 1 saturated carbocycles. The number of likely N-dealkylation sites (tertiary alicyclic amines) is 1. The predicted octanol–water partition coefficient (Wildman–Crippen LogP) is 0.848. The fourth-order valence-corrected chi connectivity index (χ4v) is 2.65. The number of ether oxygens (including phenoxy) is 1. The quantitative estimate of drug-likeness (QED) is 0.727. The van der Waals surface area contributed by atoms with E-state index in [0.29, 0.717) is 6.10 Å². The third kappa shape index (κ3) is 2.10. The molecular weight excluding hydrogens is 176 g/mol. The smallest absolute Gasteiger partial charge is 0.0825 e. The summed E-state index contributed by atoms with van der Waals surface area (Å²) in [5.74, 6) is 0. The van der Waals surface area contributed by atoms with Crippen LogP contribution >= 0.6 is 0 Å². The Hall–Kier alpha value is -0.120. The number of nitrogens with zero attached hydrogens (tertiary/aromatic N) is 1. The molecule has 3 nitrogen and oxygen atoms in total. The predicted molar refractivity (Wildman–Crippen MR) is 57.5 cm³/mol. The van der Waals surface area contributed by atoms with Gasteiger partial charge in [0.2, 0.25) is 0 Å². The van der Waals surface area contributed by atoms with Gasteiger partial charge < -0.3 is 10.1 Å². The molecule has 82 valence electrons. The number of hydrogen-bond donors (Lipinski definition) is 1. The summed E-state index contributed by atoms with van der Waals surface area (Å²) in [4.78, 5) is 2.58. The zero-order valence-electron chi connectivity index (χ0n) is 9.33. The third-order valence-electron chi connectivity index (χ3n) is 3.83. The van der Waals surface area contributed by atoms with Crippen molar-refractivity contribution in [1.29, 1.82) is 0 Å². The monoisotopic (exact) mass is 198 g/mol. The van der Waals surface area contributed by atoms with Crippen LogP contribution in [0.25, 0.3) is 0 Å². The lowest BCUT2D eigenvalue weighted by atomic mass is 9.88. The molecule has 14 heavy (non-hydrogen) atoms. The van der Waals surface area contributed by atoms with E-state index in [1.807, 2.05) is 7.11 Å². The first-order chi connectivity index (χ1) is 6.83. The molecular formula is C11H22N2O. The zero-order chi connectivity index (χ0) is 9.97. The van der Waals surface area contributed by atoms with Crippen LogP contribution in [-0.2, 0) is 4.74 Å². The average molecular weight is 198 g/mol. The molecule has 3 heteroatoms. The van der Waals surface area contributed by atoms with Crippen molar-refractivity contribution in [1.82, 2.24) is 10.2 Å². The Kier molecular flexibility index (Phi) is 3.42. The summed E-state index contributed by atoms with van der Waals surface area (Å²) >= 11 is 0. The Bertz CT molecular complexity index is 172. The van der Waals surface area contributed by atoms with E-state index in [4.69, 9.17) is 4.74 Å². The van der Waals surface area contributed by atoms with Crippen molar-refractivity contribution in [2.75, 3.05) is 27.2 Å². The van der Waals surface area contributed by atoms with Gasteiger partial charge in [0.05, 0.1) is 6.10 Å². The standard InChI is InChI=1S/C11H22N2O/c1-12-9-3-5-10(6-4-9)13-7-11(8-13)14-2/h9-12H,3-8H2,1-2H3. The molecule has 2 fully saturated rings. The largest absolute Gasteiger partial charge is 0.379 e. The van der Waals surface area contributed by atoms with Gasteiger partial charge >= 0.3 is 0 Å². The van der Waals surface area contributed by atoms with Gasteiger partial charge in [0, 0.05) is 32.3 Å². The van der Waals surface area contributed by atoms with Crippen molar-refractivity contribution in [3.63, 3.8) is 0 Å². The number of nitrogens with one attached hydrogen (secondary N) is 1. The summed E-state index contributed by atoms with van der Waals surface area (Å²) in [7, 11) is 3.90. The molecule has 1 aliphatic heterocycles. The van der Waals surface area contributed by atoms with E-state index in [2.05, 4.69) is 17.3 Å². The summed E-state index contributed by atoms with van der Waals surface area (Å²) in [5, 5.41) is 3.38. The maximum atomic E-state index is 5.30. The number of rotatable bonds is 3. The molecule has 0 amide bonds. The summed E-state index contributed by atoms with van der Waals surface area (Å²) < 4.78 is 5.30. The zero-order valence-corrected chi connectivity index (χ0v) is 9.33. The lowest BCUT2D eigenvalue weighted by Gasteiger charge is -2.45. The molecule has 1 heterocycles. The van der Waals surface area contributed by atoms with E-state index >= 15 is 0 Å². The Labute approximate surface area is 86.8 Å². The summed E-state index contributed by atoms with van der Waals surface area (Å²) in [6.45, 7) is 2.32. The van der Waals surface area contributed by atoms with E-state index in [0.717, 1.165) is 25.2 Å². The van der Waals surface area contributed by atoms with Gasteiger partial charge in [-0.1, -0.05) is 0 Å². The molecule has 1 N–H and O–H groups in total. The summed E-state index contributed by atoms with van der Waals surface area (Å²) in [6.07, 6.45) is 5.92. The maximum Gasteiger partial charge on any atom is 0.0825 e. The van der Waals surface area contributed by atoms with E-state index in [1.165, 1.54) is 25.7 Å². The van der Waals surface area contributed by atoms with Crippen LogP contribution in [0, 0.1) is 0 Å². The Morgan fingerprint density at radius 1 is 1.14 bits per heavy atom. The average Bonchev–Trinajstić information content (AvgIpc) is 2.17. The van der Waals surface area contributed by atoms with Gasteiger partial charge in [-0.05, 0) is 32.7 Å². The first kappa shape index (κ1) is 10.4. The highest BCUT2D eigenvalue weighted by atomic mass is 16.5. The van der Waals surface area contributed by atoms with Crippen LogP contribution in [0.5, 0.6) is 0 Å². The van der Waals surface area contributed by atoms with Crippen LogP contribution in [0.3, 0.4) is 0 Å². The molecule has 2 aliphatic rings. The molecule has 1 saturated heterocycles. The second-order valence-corrected chi connectivity index (χ2v) is 4.61. The molecule has 0 aromatic heterocycles. The van der Waals surface area contributed by atoms with Crippen LogP contribution in [0.1, 0.15) is 25.7 Å². The van der Waals surface area contributed by atoms with Crippen LogP contribution in [0.15, 0.2) is 0 Å². The van der Waals surface area contributed by atoms with Crippen LogP contribution in [0.2, 0.25) is 0 Å². The topological polar surface area (TPSA) is 24.5 Å². The van der Waals surface area contributed by atoms with E-state index < -0.39 is 0 Å². The van der Waals surface area contributed by atoms with Gasteiger partial charge in [-0.25, -0.2) is 0 Å². The number of hydrogen-bond acceptors (Lipinski definition) is 3. The molecule has 0 aromatic carbocycles. The maximum absolute atomic E-state index is 5.30. The molecule has 0 radical (unpaired) electrons. The molecule has 2 rings (SSSR count). The SMILES string of the molecule is CNC1CCC(N2CC(OC)C2)CC1. The van der Waals surface area contributed by atoms with Gasteiger partial charge in [0.15, 0.2) is 0 Å². The van der Waals surface area contributed by atoms with Gasteiger partial charge in [0.25, 0.3) is 0 Å². The molecule has 0 aromatic rings. The summed E-state index contributed by atoms with van der Waals surface area (Å²) in [6, 6.07) is 1.61. The normalized spacial score (nSPS) is 35.6. The molecule has 1 aliphatic carbocycles. The molecule has 0 bridgehead atoms. The highest BCUT2D eigenvalue weighted by Crippen LogP contribution is 2.27. The Morgan fingerprint density at radius 3 is 2.29 bits per heavy atom. The van der Waals surface area contributed by atoms with Crippen molar-refractivity contribution in [2.45, 2.75) is 43.9 Å². The fourth-order valence-electron chi connectivity index (χ4n) is 2.65. The van der Waals surface area contributed by atoms with Crippen molar-refractivity contribution in [2.24, 2.45) is 0 Å². The Morgan fingerprint density at radius 2 is 1.79 bits per heavy atom. The van der Waals surface area contributed by atoms with Crippen LogP contribution < -0.4 is 5.32 Å². The van der Waals surface area contributed by atoms with Crippen molar-refractivity contribution < 1.29 is 4.74 Å². The van der Waals surface area contributed by atoms with Crippen molar-refractivity contribution in [3.05, 3.63) is 0 Å². The third-order valence-corrected chi connectivity index (χ3v) is 3.83. The van der Waals surface area contributed by atoms with Gasteiger partial charge in [-0.2, -0.15) is 0 Å². The lowest BCUT2D eigenvalue weighted by molar-refractivity contribution is -0.0582. The lowest BCUT2D eigenvalue weighted by Crippen LogP contribution is -2.57. The fraction of sp³-hybridized carbons (Fsp3) is 1.00. The molecule has 0 spiro atoms. The minimum absolute atomic E-state index is 0.511. The Balaban J connectivity index is 1.69. The highest BCUT2D eigenvalue weighted by molar-refractivity contribution is 4.89. The van der Waals surface area contributed by atoms with Gasteiger partial charge in [-0.15, -0.1) is 0 Å². The van der Waals surface area contributed by atoms with E-state index in [1.54, 1.807) is 0 Å². The summed E-state index contributed by atoms with van der Waals surface area (Å²) in [5.41, 5.74) is 0.